The van der Waals surface area contributed by atoms with E-state index in [1.54, 1.807) is 36.4 Å². The average molecular weight is 523 g/mol. The van der Waals surface area contributed by atoms with Crippen molar-refractivity contribution in [2.75, 3.05) is 11.6 Å². The van der Waals surface area contributed by atoms with Crippen LogP contribution in [-0.4, -0.2) is 23.9 Å². The van der Waals surface area contributed by atoms with Crippen molar-refractivity contribution < 1.29 is 45.4 Å². The number of nitrogens with zero attached hydrogens (tertiary/aromatic N) is 1. The van der Waals surface area contributed by atoms with Gasteiger partial charge in [0.15, 0.2) is 11.9 Å². The molecular formula is C26H19F6NO4. The Hall–Kier alpha value is -4.12. The first-order valence-electron chi connectivity index (χ1n) is 10.8. The fourth-order valence-corrected chi connectivity index (χ4v) is 3.31. The van der Waals surface area contributed by atoms with Gasteiger partial charge in [-0.05, 0) is 54.6 Å². The van der Waals surface area contributed by atoms with E-state index in [1.807, 2.05) is 0 Å². The highest BCUT2D eigenvalue weighted by molar-refractivity contribution is 5.60. The van der Waals surface area contributed by atoms with Gasteiger partial charge in [-0.2, -0.15) is 26.3 Å². The molecule has 11 heteroatoms. The van der Waals surface area contributed by atoms with E-state index in [0.717, 1.165) is 23.8 Å². The molecule has 0 radical (unpaired) electrons. The van der Waals surface area contributed by atoms with Gasteiger partial charge in [-0.1, -0.05) is 24.3 Å². The number of benzene rings is 3. The van der Waals surface area contributed by atoms with E-state index >= 15 is 0 Å². The molecule has 0 aliphatic carbocycles. The standard InChI is InChI=1S/C26H19F6NO4/c27-25(28,29)18-6-2-10-22(14-18)37-33(16-24(34)26(30,31)32)19-7-3-9-21(15-19)36-20-8-1-5-17(13-20)23-11-4-12-35-23/h1-15,24,34H,16H2/t24-/m0/s1. The van der Waals surface area contributed by atoms with E-state index in [9.17, 15) is 31.4 Å². The van der Waals surface area contributed by atoms with Gasteiger partial charge in [0.05, 0.1) is 24.1 Å². The summed E-state index contributed by atoms with van der Waals surface area (Å²) in [6, 6.07) is 19.7. The minimum Gasteiger partial charge on any atom is -0.464 e. The molecule has 1 aromatic heterocycles. The van der Waals surface area contributed by atoms with Crippen LogP contribution in [0.4, 0.5) is 32.0 Å². The third-order valence-electron chi connectivity index (χ3n) is 5.07. The highest BCUT2D eigenvalue weighted by atomic mass is 19.4. The summed E-state index contributed by atoms with van der Waals surface area (Å²) < 4.78 is 89.8. The van der Waals surface area contributed by atoms with Crippen LogP contribution in [0.2, 0.25) is 0 Å². The fourth-order valence-electron chi connectivity index (χ4n) is 3.31. The molecule has 0 fully saturated rings. The lowest BCUT2D eigenvalue weighted by molar-refractivity contribution is -0.202. The van der Waals surface area contributed by atoms with Crippen molar-refractivity contribution in [2.24, 2.45) is 0 Å². The smallest absolute Gasteiger partial charge is 0.416 e. The summed E-state index contributed by atoms with van der Waals surface area (Å²) in [4.78, 5) is 5.38. The van der Waals surface area contributed by atoms with Crippen LogP contribution in [0.5, 0.6) is 17.2 Å². The van der Waals surface area contributed by atoms with Gasteiger partial charge in [0.2, 0.25) is 0 Å². The number of hydroxylamine groups is 1. The van der Waals surface area contributed by atoms with Crippen molar-refractivity contribution >= 4 is 5.69 Å². The number of hydrogen-bond donors (Lipinski definition) is 1. The molecule has 5 nitrogen and oxygen atoms in total. The molecule has 194 valence electrons. The molecule has 0 amide bonds. The number of aliphatic hydroxyl groups is 1. The van der Waals surface area contributed by atoms with Gasteiger partial charge in [0, 0.05) is 11.6 Å². The topological polar surface area (TPSA) is 55.1 Å². The van der Waals surface area contributed by atoms with E-state index in [0.29, 0.717) is 22.6 Å². The molecule has 4 rings (SSSR count). The molecule has 0 bridgehead atoms. The molecule has 0 aliphatic heterocycles. The van der Waals surface area contributed by atoms with Gasteiger partial charge in [-0.15, -0.1) is 0 Å². The van der Waals surface area contributed by atoms with E-state index < -0.39 is 30.6 Å². The normalized spacial score (nSPS) is 12.7. The molecular weight excluding hydrogens is 504 g/mol. The maximum Gasteiger partial charge on any atom is 0.416 e. The first-order chi connectivity index (χ1) is 17.5. The Labute approximate surface area is 207 Å². The number of ether oxygens (including phenoxy) is 1. The van der Waals surface area contributed by atoms with Crippen LogP contribution >= 0.6 is 0 Å². The number of halogens is 6. The molecule has 1 atom stereocenters. The Morgan fingerprint density at radius 1 is 0.784 bits per heavy atom. The van der Waals surface area contributed by atoms with E-state index in [1.165, 1.54) is 30.5 Å². The molecule has 4 aromatic rings. The number of anilines is 1. The van der Waals surface area contributed by atoms with E-state index in [2.05, 4.69) is 0 Å². The van der Waals surface area contributed by atoms with Crippen LogP contribution < -0.4 is 14.6 Å². The van der Waals surface area contributed by atoms with Crippen LogP contribution in [-0.2, 0) is 6.18 Å². The molecule has 0 aliphatic rings. The Morgan fingerprint density at radius 3 is 2.14 bits per heavy atom. The third-order valence-corrected chi connectivity index (χ3v) is 5.07. The second-order valence-corrected chi connectivity index (χ2v) is 7.84. The van der Waals surface area contributed by atoms with Gasteiger partial charge in [0.25, 0.3) is 0 Å². The number of hydrogen-bond acceptors (Lipinski definition) is 5. The largest absolute Gasteiger partial charge is 0.464 e. The van der Waals surface area contributed by atoms with Crippen molar-refractivity contribution in [1.29, 1.82) is 0 Å². The molecule has 1 heterocycles. The highest BCUT2D eigenvalue weighted by Gasteiger charge is 2.40. The summed E-state index contributed by atoms with van der Waals surface area (Å²) in [6.07, 6.45) is -11.0. The second-order valence-electron chi connectivity index (χ2n) is 7.84. The summed E-state index contributed by atoms with van der Waals surface area (Å²) in [7, 11) is 0. The van der Waals surface area contributed by atoms with Crippen LogP contribution in [0.3, 0.4) is 0 Å². The van der Waals surface area contributed by atoms with Crippen molar-refractivity contribution in [2.45, 2.75) is 18.5 Å². The van der Waals surface area contributed by atoms with Crippen LogP contribution in [0.25, 0.3) is 11.3 Å². The first kappa shape index (κ1) is 26.0. The van der Waals surface area contributed by atoms with Crippen LogP contribution in [0.1, 0.15) is 5.56 Å². The maximum atomic E-state index is 13.1. The second kappa shape index (κ2) is 10.5. The zero-order valence-electron chi connectivity index (χ0n) is 18.8. The SMILES string of the molecule is O[C@@H](CN(Oc1cccc(C(F)(F)F)c1)c1cccc(Oc2cccc(-c3ccco3)c2)c1)C(F)(F)F. The van der Waals surface area contributed by atoms with Crippen molar-refractivity contribution in [3.8, 4) is 28.6 Å². The molecule has 0 saturated heterocycles. The molecule has 0 spiro atoms. The lowest BCUT2D eigenvalue weighted by atomic mass is 10.1. The van der Waals surface area contributed by atoms with Gasteiger partial charge >= 0.3 is 12.4 Å². The minimum atomic E-state index is -4.99. The molecule has 1 N–H and O–H groups in total. The lowest BCUT2D eigenvalue weighted by Gasteiger charge is -2.28. The Morgan fingerprint density at radius 2 is 1.46 bits per heavy atom. The van der Waals surface area contributed by atoms with Crippen LogP contribution in [0, 0.1) is 0 Å². The van der Waals surface area contributed by atoms with Gasteiger partial charge in [-0.25, -0.2) is 5.06 Å². The predicted molar refractivity (Wildman–Crippen MR) is 122 cm³/mol. The minimum absolute atomic E-state index is 0.000371. The van der Waals surface area contributed by atoms with Crippen molar-refractivity contribution in [1.82, 2.24) is 0 Å². The Bertz CT molecular complexity index is 1320. The maximum absolute atomic E-state index is 13.1. The van der Waals surface area contributed by atoms with Gasteiger partial charge in [0.1, 0.15) is 17.3 Å². The third kappa shape index (κ3) is 6.76. The number of aliphatic hydroxyl groups excluding tert-OH is 1. The Balaban J connectivity index is 1.61. The van der Waals surface area contributed by atoms with Crippen molar-refractivity contribution in [3.05, 3.63) is 96.8 Å². The van der Waals surface area contributed by atoms with Gasteiger partial charge in [-0.3, -0.25) is 0 Å². The van der Waals surface area contributed by atoms with Crippen molar-refractivity contribution in [3.63, 3.8) is 0 Å². The average Bonchev–Trinajstić information content (AvgIpc) is 3.38. The number of alkyl halides is 6. The summed E-state index contributed by atoms with van der Waals surface area (Å²) in [5.41, 5.74) is -0.322. The lowest BCUT2D eigenvalue weighted by Crippen LogP contribution is -2.42. The summed E-state index contributed by atoms with van der Waals surface area (Å²) >= 11 is 0. The van der Waals surface area contributed by atoms with E-state index in [4.69, 9.17) is 14.0 Å². The summed E-state index contributed by atoms with van der Waals surface area (Å²) in [5, 5.41) is 10.3. The zero-order chi connectivity index (χ0) is 26.6. The molecule has 0 unspecified atom stereocenters. The summed E-state index contributed by atoms with van der Waals surface area (Å²) in [5.74, 6) is 0.822. The molecule has 37 heavy (non-hydrogen) atoms. The molecule has 3 aromatic carbocycles. The Kier molecular flexibility index (Phi) is 7.35. The predicted octanol–water partition coefficient (Wildman–Crippen LogP) is 7.48. The summed E-state index contributed by atoms with van der Waals surface area (Å²) in [6.45, 7) is -1.11. The van der Waals surface area contributed by atoms with Gasteiger partial charge < -0.3 is 19.1 Å². The zero-order valence-corrected chi connectivity index (χ0v) is 18.8. The molecule has 0 saturated carbocycles. The quantitative estimate of drug-likeness (QED) is 0.192. The first-order valence-corrected chi connectivity index (χ1v) is 10.8. The number of rotatable bonds is 8. The fraction of sp³-hybridized carbons (Fsp3) is 0.154. The number of furan rings is 1. The highest BCUT2D eigenvalue weighted by Crippen LogP contribution is 2.34. The van der Waals surface area contributed by atoms with Crippen LogP contribution in [0.15, 0.2) is 95.6 Å². The van der Waals surface area contributed by atoms with E-state index in [-0.39, 0.29) is 17.2 Å². The monoisotopic (exact) mass is 523 g/mol.